The van der Waals surface area contributed by atoms with Crippen LogP contribution in [0.15, 0.2) is 30.3 Å². The van der Waals surface area contributed by atoms with Crippen LogP contribution in [0.2, 0.25) is 0 Å². The molecule has 0 saturated carbocycles. The van der Waals surface area contributed by atoms with Crippen molar-refractivity contribution in [2.45, 2.75) is 20.3 Å². The van der Waals surface area contributed by atoms with Crippen LogP contribution in [0.3, 0.4) is 0 Å². The fourth-order valence-electron chi connectivity index (χ4n) is 1.94. The van der Waals surface area contributed by atoms with Crippen molar-refractivity contribution in [2.75, 3.05) is 11.9 Å². The molecule has 0 fully saturated rings. The monoisotopic (exact) mass is 328 g/mol. The minimum absolute atomic E-state index is 0.277. The van der Waals surface area contributed by atoms with E-state index in [1.165, 1.54) is 11.3 Å². The van der Waals surface area contributed by atoms with Gasteiger partial charge in [-0.25, -0.2) is 4.79 Å². The van der Waals surface area contributed by atoms with Gasteiger partial charge in [0, 0.05) is 10.4 Å². The Hall–Kier alpha value is -2.65. The van der Waals surface area contributed by atoms with Gasteiger partial charge in [0.2, 0.25) is 0 Å². The number of ether oxygens (including phenoxy) is 1. The molecule has 5 nitrogen and oxygen atoms in total. The number of nitrogens with one attached hydrogen (secondary N) is 1. The number of carbonyl (C=O) groups excluding carboxylic acids is 2. The van der Waals surface area contributed by atoms with E-state index in [9.17, 15) is 9.59 Å². The van der Waals surface area contributed by atoms with Crippen LogP contribution < -0.4 is 5.32 Å². The molecule has 0 unspecified atom stereocenters. The van der Waals surface area contributed by atoms with Crippen LogP contribution in [-0.4, -0.2) is 18.5 Å². The Morgan fingerprint density at radius 1 is 1.26 bits per heavy atom. The van der Waals surface area contributed by atoms with Crippen molar-refractivity contribution in [1.82, 2.24) is 0 Å². The number of rotatable bonds is 5. The number of nitrogens with zero attached hydrogens (tertiary/aromatic N) is 1. The van der Waals surface area contributed by atoms with Crippen LogP contribution in [0.4, 0.5) is 5.00 Å². The molecule has 1 amide bonds. The molecule has 0 bridgehead atoms. The predicted molar refractivity (Wildman–Crippen MR) is 88.8 cm³/mol. The van der Waals surface area contributed by atoms with Gasteiger partial charge in [0.25, 0.3) is 5.91 Å². The molecular weight excluding hydrogens is 312 g/mol. The second-order valence-corrected chi connectivity index (χ2v) is 5.81. The Kier molecular flexibility index (Phi) is 5.50. The molecule has 0 spiro atoms. The zero-order chi connectivity index (χ0) is 16.8. The summed E-state index contributed by atoms with van der Waals surface area (Å²) in [6, 6.07) is 10.1. The van der Waals surface area contributed by atoms with Crippen molar-refractivity contribution < 1.29 is 14.3 Å². The minimum atomic E-state index is -0.446. The molecule has 0 aliphatic rings. The summed E-state index contributed by atoms with van der Waals surface area (Å²) < 4.78 is 5.02. The maximum absolute atomic E-state index is 12.3. The van der Waals surface area contributed by atoms with Crippen molar-refractivity contribution in [2.24, 2.45) is 0 Å². The highest BCUT2D eigenvalue weighted by molar-refractivity contribution is 7.16. The van der Waals surface area contributed by atoms with E-state index in [-0.39, 0.29) is 12.5 Å². The first-order valence-electron chi connectivity index (χ1n) is 7.20. The number of amides is 1. The van der Waals surface area contributed by atoms with Gasteiger partial charge in [0.1, 0.15) is 5.00 Å². The lowest BCUT2D eigenvalue weighted by atomic mass is 10.1. The quantitative estimate of drug-likeness (QED) is 0.850. The molecule has 0 atom stereocenters. The van der Waals surface area contributed by atoms with Crippen molar-refractivity contribution in [3.05, 3.63) is 51.9 Å². The van der Waals surface area contributed by atoms with E-state index in [2.05, 4.69) is 5.32 Å². The number of esters is 1. The number of nitriles is 1. The highest BCUT2D eigenvalue weighted by Gasteiger charge is 2.19. The summed E-state index contributed by atoms with van der Waals surface area (Å²) in [7, 11) is 0. The van der Waals surface area contributed by atoms with Crippen molar-refractivity contribution in [3.8, 4) is 6.07 Å². The maximum atomic E-state index is 12.3. The highest BCUT2D eigenvalue weighted by Crippen LogP contribution is 2.29. The first-order valence-corrected chi connectivity index (χ1v) is 8.02. The van der Waals surface area contributed by atoms with E-state index in [1.807, 2.05) is 13.0 Å². The summed E-state index contributed by atoms with van der Waals surface area (Å²) in [6.45, 7) is 3.99. The summed E-state index contributed by atoms with van der Waals surface area (Å²) in [5.41, 5.74) is 1.28. The third-order valence-electron chi connectivity index (χ3n) is 3.13. The second-order valence-electron chi connectivity index (χ2n) is 4.67. The van der Waals surface area contributed by atoms with E-state index in [0.29, 0.717) is 21.7 Å². The first-order chi connectivity index (χ1) is 11.1. The van der Waals surface area contributed by atoms with E-state index in [0.717, 1.165) is 11.3 Å². The van der Waals surface area contributed by atoms with Gasteiger partial charge in [-0.2, -0.15) is 5.26 Å². The summed E-state index contributed by atoms with van der Waals surface area (Å²) in [5, 5.41) is 12.0. The molecule has 1 aromatic heterocycles. The van der Waals surface area contributed by atoms with Crippen molar-refractivity contribution >= 4 is 28.2 Å². The summed E-state index contributed by atoms with van der Waals surface area (Å²) in [5.74, 6) is -0.775. The standard InChI is InChI=1S/C17H16N2O3S/c1-3-13-9-14(17(21)22-4-2)16(23-13)19-15(20)12-7-5-11(10-18)6-8-12/h5-9H,3-4H2,1-2H3,(H,19,20). The molecule has 0 saturated heterocycles. The van der Waals surface area contributed by atoms with Gasteiger partial charge < -0.3 is 10.1 Å². The molecule has 6 heteroatoms. The van der Waals surface area contributed by atoms with Gasteiger partial charge in [-0.15, -0.1) is 11.3 Å². The number of aryl methyl sites for hydroxylation is 1. The third kappa shape index (κ3) is 3.96. The lowest BCUT2D eigenvalue weighted by Crippen LogP contribution is -2.14. The van der Waals surface area contributed by atoms with Gasteiger partial charge in [0.15, 0.2) is 0 Å². The largest absolute Gasteiger partial charge is 0.462 e. The second kappa shape index (κ2) is 7.56. The average Bonchev–Trinajstić information content (AvgIpc) is 2.98. The predicted octanol–water partition coefficient (Wildman–Crippen LogP) is 3.61. The zero-order valence-corrected chi connectivity index (χ0v) is 13.7. The highest BCUT2D eigenvalue weighted by atomic mass is 32.1. The zero-order valence-electron chi connectivity index (χ0n) is 12.9. The van der Waals surface area contributed by atoms with E-state index in [1.54, 1.807) is 37.3 Å². The third-order valence-corrected chi connectivity index (χ3v) is 4.32. The maximum Gasteiger partial charge on any atom is 0.341 e. The van der Waals surface area contributed by atoms with Crippen molar-refractivity contribution in [3.63, 3.8) is 0 Å². The van der Waals surface area contributed by atoms with E-state index in [4.69, 9.17) is 10.00 Å². The molecule has 0 radical (unpaired) electrons. The van der Waals surface area contributed by atoms with Gasteiger partial charge >= 0.3 is 5.97 Å². The van der Waals surface area contributed by atoms with Crippen LogP contribution >= 0.6 is 11.3 Å². The molecule has 1 heterocycles. The van der Waals surface area contributed by atoms with Gasteiger partial charge in [0.05, 0.1) is 23.8 Å². The Bertz CT molecular complexity index is 757. The van der Waals surface area contributed by atoms with Crippen LogP contribution in [0.25, 0.3) is 0 Å². The normalized spacial score (nSPS) is 9.96. The molecule has 2 rings (SSSR count). The summed E-state index contributed by atoms with van der Waals surface area (Å²) in [6.07, 6.45) is 0.768. The molecule has 2 aromatic rings. The SMILES string of the molecule is CCOC(=O)c1cc(CC)sc1NC(=O)c1ccc(C#N)cc1. The Labute approximate surface area is 138 Å². The molecule has 1 N–H and O–H groups in total. The molecule has 0 aliphatic carbocycles. The molecule has 23 heavy (non-hydrogen) atoms. The Morgan fingerprint density at radius 3 is 2.52 bits per heavy atom. The van der Waals surface area contributed by atoms with Gasteiger partial charge in [-0.1, -0.05) is 6.92 Å². The van der Waals surface area contributed by atoms with Crippen LogP contribution in [0.5, 0.6) is 0 Å². The number of hydrogen-bond donors (Lipinski definition) is 1. The lowest BCUT2D eigenvalue weighted by molar-refractivity contribution is 0.0528. The van der Waals surface area contributed by atoms with E-state index >= 15 is 0 Å². The average molecular weight is 328 g/mol. The van der Waals surface area contributed by atoms with Crippen LogP contribution in [0.1, 0.15) is 45.0 Å². The number of thiophene rings is 1. The fraction of sp³-hybridized carbons (Fsp3) is 0.235. The minimum Gasteiger partial charge on any atom is -0.462 e. The van der Waals surface area contributed by atoms with Crippen LogP contribution in [-0.2, 0) is 11.2 Å². The molecular formula is C17H16N2O3S. The van der Waals surface area contributed by atoms with Crippen molar-refractivity contribution in [1.29, 1.82) is 5.26 Å². The lowest BCUT2D eigenvalue weighted by Gasteiger charge is -2.06. The first kappa shape index (κ1) is 16.7. The molecule has 0 aliphatic heterocycles. The molecule has 1 aromatic carbocycles. The number of carbonyl (C=O) groups is 2. The Morgan fingerprint density at radius 2 is 1.96 bits per heavy atom. The fourth-order valence-corrected chi connectivity index (χ4v) is 2.92. The Balaban J connectivity index is 2.24. The van der Waals surface area contributed by atoms with Gasteiger partial charge in [-0.05, 0) is 43.7 Å². The topological polar surface area (TPSA) is 79.2 Å². The number of benzene rings is 1. The molecule has 118 valence electrons. The van der Waals surface area contributed by atoms with Crippen LogP contribution in [0, 0.1) is 11.3 Å². The summed E-state index contributed by atoms with van der Waals surface area (Å²) >= 11 is 1.36. The number of hydrogen-bond acceptors (Lipinski definition) is 5. The van der Waals surface area contributed by atoms with Gasteiger partial charge in [-0.3, -0.25) is 4.79 Å². The summed E-state index contributed by atoms with van der Waals surface area (Å²) in [4.78, 5) is 25.3. The smallest absolute Gasteiger partial charge is 0.341 e. The number of anilines is 1. The van der Waals surface area contributed by atoms with E-state index < -0.39 is 5.97 Å².